The first-order chi connectivity index (χ1) is 8.90. The number of nitrogens with two attached hydrogens (primary N) is 2. The van der Waals surface area contributed by atoms with Gasteiger partial charge in [-0.25, -0.2) is 14.8 Å². The molecular weight excluding hydrogens is 268 g/mol. The van der Waals surface area contributed by atoms with Gasteiger partial charge in [0.05, 0.1) is 0 Å². The molecule has 10 nitrogen and oxygen atoms in total. The van der Waals surface area contributed by atoms with Crippen molar-refractivity contribution in [3.8, 4) is 5.75 Å². The van der Waals surface area contributed by atoms with E-state index < -0.39 is 17.4 Å². The smallest absolute Gasteiger partial charge is 0.353 e. The number of carbonyl (C=O) groups is 1. The number of hydrogen-bond acceptors (Lipinski definition) is 7. The van der Waals surface area contributed by atoms with E-state index in [0.717, 1.165) is 6.07 Å². The highest BCUT2D eigenvalue weighted by Crippen LogP contribution is 2.07. The summed E-state index contributed by atoms with van der Waals surface area (Å²) in [6.45, 7) is 1.72. The van der Waals surface area contributed by atoms with Crippen molar-refractivity contribution in [3.63, 3.8) is 0 Å². The number of carboxylic acid groups (broad SMARTS) is 1. The van der Waals surface area contributed by atoms with Crippen LogP contribution in [0.25, 0.3) is 0 Å². The molecule has 0 aliphatic rings. The predicted molar refractivity (Wildman–Crippen MR) is 66.4 cm³/mol. The van der Waals surface area contributed by atoms with Gasteiger partial charge < -0.3 is 27.2 Å². The minimum Gasteiger partial charge on any atom is -0.871 e. The van der Waals surface area contributed by atoms with E-state index in [1.165, 1.54) is 12.3 Å². The highest BCUT2D eigenvalue weighted by atomic mass is 16.4. The van der Waals surface area contributed by atoms with Gasteiger partial charge in [-0.05, 0) is 6.07 Å². The lowest BCUT2D eigenvalue weighted by Crippen LogP contribution is -2.20. The van der Waals surface area contributed by atoms with E-state index in [0.29, 0.717) is 17.7 Å². The van der Waals surface area contributed by atoms with Crippen molar-refractivity contribution in [2.75, 3.05) is 11.5 Å². The van der Waals surface area contributed by atoms with Gasteiger partial charge in [0.1, 0.15) is 5.69 Å². The quantitative estimate of drug-likeness (QED) is 0.522. The number of pyridine rings is 1. The number of nitrogen functional groups attached to an aromatic ring is 2. The number of anilines is 2. The molecule has 108 valence electrons. The summed E-state index contributed by atoms with van der Waals surface area (Å²) in [7, 11) is 0. The van der Waals surface area contributed by atoms with Crippen LogP contribution in [0.1, 0.15) is 16.3 Å². The molecule has 20 heavy (non-hydrogen) atoms. The largest absolute Gasteiger partial charge is 0.871 e. The summed E-state index contributed by atoms with van der Waals surface area (Å²) in [5.74, 6) is -0.690. The van der Waals surface area contributed by atoms with E-state index in [2.05, 4.69) is 19.9 Å². The molecule has 0 bridgehead atoms. The first-order valence-corrected chi connectivity index (χ1v) is 5.04. The van der Waals surface area contributed by atoms with Crippen LogP contribution in [0.2, 0.25) is 0 Å². The highest BCUT2D eigenvalue weighted by Gasteiger charge is 2.02. The van der Waals surface area contributed by atoms with Gasteiger partial charge in [-0.3, -0.25) is 0 Å². The fourth-order valence-electron chi connectivity index (χ4n) is 1.11. The number of nitrogens with zero attached hydrogens (tertiary/aromatic N) is 3. The Bertz CT molecular complexity index is 541. The summed E-state index contributed by atoms with van der Waals surface area (Å²) in [6, 6.07) is 2.56. The third-order valence-electron chi connectivity index (χ3n) is 1.79. The van der Waals surface area contributed by atoms with Crippen molar-refractivity contribution in [1.82, 2.24) is 15.0 Å². The van der Waals surface area contributed by atoms with Gasteiger partial charge >= 0.3 is 17.9 Å². The first-order valence-electron chi connectivity index (χ1n) is 5.04. The van der Waals surface area contributed by atoms with Gasteiger partial charge in [0.25, 0.3) is 0 Å². The molecule has 2 aromatic rings. The number of rotatable bonds is 1. The average molecular weight is 282 g/mol. The monoisotopic (exact) mass is 282 g/mol. The Kier molecular flexibility index (Phi) is 6.31. The summed E-state index contributed by atoms with van der Waals surface area (Å²) in [5, 5.41) is 18.9. The Labute approximate surface area is 113 Å². The lowest BCUT2D eigenvalue weighted by atomic mass is 10.3. The van der Waals surface area contributed by atoms with Crippen molar-refractivity contribution in [3.05, 3.63) is 29.8 Å². The lowest BCUT2D eigenvalue weighted by molar-refractivity contribution is -0.351. The zero-order valence-electron chi connectivity index (χ0n) is 10.5. The maximum atomic E-state index is 10.6. The Morgan fingerprint density at radius 2 is 1.90 bits per heavy atom. The van der Waals surface area contributed by atoms with Crippen LogP contribution in [-0.2, 0) is 0 Å². The molecule has 2 rings (SSSR count). The molecule has 0 unspecified atom stereocenters. The van der Waals surface area contributed by atoms with E-state index in [4.69, 9.17) is 16.6 Å². The summed E-state index contributed by atoms with van der Waals surface area (Å²) in [6.07, 6.45) is 1.27. The molecule has 2 aromatic heterocycles. The number of H-pyrrole nitrogens is 1. The Hall–Kier alpha value is -3.01. The van der Waals surface area contributed by atoms with Gasteiger partial charge in [0.15, 0.2) is 0 Å². The van der Waals surface area contributed by atoms with Crippen molar-refractivity contribution in [2.45, 2.75) is 6.92 Å². The Morgan fingerprint density at radius 1 is 1.35 bits per heavy atom. The molecule has 2 heterocycles. The zero-order valence-corrected chi connectivity index (χ0v) is 10.5. The van der Waals surface area contributed by atoms with Gasteiger partial charge in [0.2, 0.25) is 5.82 Å². The molecule has 0 radical (unpaired) electrons. The number of hydrogen-bond donors (Lipinski definition) is 3. The van der Waals surface area contributed by atoms with Crippen molar-refractivity contribution in [2.24, 2.45) is 0 Å². The van der Waals surface area contributed by atoms with Crippen LogP contribution in [0, 0.1) is 6.92 Å². The van der Waals surface area contributed by atoms with Gasteiger partial charge in [0, 0.05) is 13.1 Å². The molecule has 0 atom stereocenters. The maximum absolute atomic E-state index is 10.6. The van der Waals surface area contributed by atoms with Crippen LogP contribution in [0.5, 0.6) is 5.75 Å². The third-order valence-corrected chi connectivity index (χ3v) is 1.79. The van der Waals surface area contributed by atoms with E-state index in [1.807, 2.05) is 0 Å². The predicted octanol–water partition coefficient (Wildman–Crippen LogP) is -2.21. The summed E-state index contributed by atoms with van der Waals surface area (Å²) in [5.41, 5.74) is 10.1. The summed E-state index contributed by atoms with van der Waals surface area (Å²) < 4.78 is 0. The van der Waals surface area contributed by atoms with Crippen LogP contribution >= 0.6 is 0 Å². The minimum absolute atomic E-state index is 0. The Balaban J connectivity index is 0.000000345. The molecule has 0 saturated carbocycles. The van der Waals surface area contributed by atoms with Gasteiger partial charge in [-0.15, -0.1) is 9.97 Å². The number of nitrogens with one attached hydrogen (secondary N) is 1. The fourth-order valence-corrected chi connectivity index (χ4v) is 1.11. The average Bonchev–Trinajstić information content (AvgIpc) is 2.27. The van der Waals surface area contributed by atoms with E-state index >= 15 is 0 Å². The van der Waals surface area contributed by atoms with Crippen molar-refractivity contribution >= 4 is 17.9 Å². The zero-order chi connectivity index (χ0) is 14.4. The molecule has 8 N–H and O–H groups in total. The molecule has 0 saturated heterocycles. The fraction of sp³-hybridized carbons (Fsp3) is 0.100. The number of aromatic nitrogens is 4. The molecule has 10 heteroatoms. The second-order valence-corrected chi connectivity index (χ2v) is 3.32. The lowest BCUT2D eigenvalue weighted by Gasteiger charge is -2.05. The van der Waals surface area contributed by atoms with E-state index in [9.17, 15) is 9.90 Å². The topological polar surface area (TPSA) is 197 Å². The third kappa shape index (κ3) is 5.10. The van der Waals surface area contributed by atoms with Crippen LogP contribution in [0.3, 0.4) is 0 Å². The van der Waals surface area contributed by atoms with Gasteiger partial charge in [-0.2, -0.15) is 0 Å². The number of aromatic amines is 1. The minimum atomic E-state index is -1.29. The normalized spacial score (nSPS) is 8.85. The SMILES string of the molecule is Cc1nc(N)[nH+]c(N)n1.O.O=C(O)c1ncccc1[O-]. The summed E-state index contributed by atoms with van der Waals surface area (Å²) in [4.78, 5) is 23.6. The molecule has 0 aliphatic heterocycles. The maximum Gasteiger partial charge on any atom is 0.353 e. The van der Waals surface area contributed by atoms with E-state index in [-0.39, 0.29) is 5.48 Å². The van der Waals surface area contributed by atoms with Gasteiger partial charge in [-0.1, -0.05) is 11.8 Å². The highest BCUT2D eigenvalue weighted by molar-refractivity contribution is 5.87. The molecular formula is C10H14N6O4. The van der Waals surface area contributed by atoms with Crippen molar-refractivity contribution in [1.29, 1.82) is 0 Å². The first kappa shape index (κ1) is 17.0. The summed E-state index contributed by atoms with van der Waals surface area (Å²) >= 11 is 0. The molecule has 0 amide bonds. The number of aryl methyl sites for hydroxylation is 1. The molecule has 0 aromatic carbocycles. The van der Waals surface area contributed by atoms with Crippen LogP contribution in [-0.4, -0.2) is 31.5 Å². The molecule has 0 aliphatic carbocycles. The van der Waals surface area contributed by atoms with Crippen LogP contribution in [0.15, 0.2) is 18.3 Å². The Morgan fingerprint density at radius 3 is 2.25 bits per heavy atom. The second kappa shape index (κ2) is 7.43. The molecule has 0 fully saturated rings. The second-order valence-electron chi connectivity index (χ2n) is 3.32. The molecule has 0 spiro atoms. The van der Waals surface area contributed by atoms with Crippen LogP contribution < -0.4 is 21.6 Å². The van der Waals surface area contributed by atoms with Crippen molar-refractivity contribution < 1.29 is 25.5 Å². The van der Waals surface area contributed by atoms with E-state index in [1.54, 1.807) is 6.92 Å². The van der Waals surface area contributed by atoms with Crippen LogP contribution in [0.4, 0.5) is 11.9 Å². The number of carboxylic acids is 1. The standard InChI is InChI=1S/C6H5NO3.C4H7N5.H2O/c8-4-2-1-3-7-5(4)6(9)10;1-2-7-3(5)9-4(6)8-2;/h1-3,8H,(H,9,10);1H3,(H4,5,6,7,8,9);1H2. The number of aromatic carboxylic acids is 1.